The highest BCUT2D eigenvalue weighted by molar-refractivity contribution is 5.69. The van der Waals surface area contributed by atoms with E-state index >= 15 is 0 Å². The van der Waals surface area contributed by atoms with Gasteiger partial charge in [-0.25, -0.2) is 0 Å². The fourth-order valence-corrected chi connectivity index (χ4v) is 1.06. The molecule has 0 amide bonds. The van der Waals surface area contributed by atoms with Crippen molar-refractivity contribution >= 4 is 5.97 Å². The summed E-state index contributed by atoms with van der Waals surface area (Å²) in [6.45, 7) is 3.25. The number of carbonyl (C=O) groups excluding carboxylic acids is 1. The second kappa shape index (κ2) is 4.34. The first-order valence-corrected chi connectivity index (χ1v) is 4.10. The normalized spacial score (nSPS) is 19.7. The number of esters is 1. The van der Waals surface area contributed by atoms with Crippen LogP contribution in [-0.4, -0.2) is 25.3 Å². The van der Waals surface area contributed by atoms with E-state index in [0.29, 0.717) is 6.42 Å². The molecular weight excluding hydrogens is 144 g/mol. The third kappa shape index (κ3) is 2.89. The number of hydrogen-bond acceptors (Lipinski definition) is 3. The van der Waals surface area contributed by atoms with Gasteiger partial charge in [0.2, 0.25) is 0 Å². The van der Waals surface area contributed by atoms with Gasteiger partial charge in [0.25, 0.3) is 0 Å². The summed E-state index contributed by atoms with van der Waals surface area (Å²) in [7, 11) is 0. The predicted octanol–water partition coefficient (Wildman–Crippen LogP) is 1.12. The highest BCUT2D eigenvalue weighted by Crippen LogP contribution is 2.10. The lowest BCUT2D eigenvalue weighted by Crippen LogP contribution is -2.25. The van der Waals surface area contributed by atoms with Gasteiger partial charge in [0, 0.05) is 19.3 Å². The first-order chi connectivity index (χ1) is 5.33. The van der Waals surface area contributed by atoms with Crippen LogP contribution in [0.1, 0.15) is 26.2 Å². The Bertz CT molecular complexity index is 127. The SMILES string of the molecule is CCC(=O)OC1CCOCC1. The fraction of sp³-hybridized carbons (Fsp3) is 0.875. The van der Waals surface area contributed by atoms with Crippen molar-refractivity contribution in [2.45, 2.75) is 32.3 Å². The molecule has 0 unspecified atom stereocenters. The van der Waals surface area contributed by atoms with Crippen LogP contribution >= 0.6 is 0 Å². The quantitative estimate of drug-likeness (QED) is 0.565. The number of carbonyl (C=O) groups is 1. The lowest BCUT2D eigenvalue weighted by atomic mass is 10.1. The highest BCUT2D eigenvalue weighted by atomic mass is 16.5. The molecule has 0 atom stereocenters. The van der Waals surface area contributed by atoms with Crippen LogP contribution in [-0.2, 0) is 14.3 Å². The Morgan fingerprint density at radius 1 is 1.55 bits per heavy atom. The first-order valence-electron chi connectivity index (χ1n) is 4.10. The molecule has 1 saturated heterocycles. The van der Waals surface area contributed by atoms with Crippen LogP contribution < -0.4 is 0 Å². The summed E-state index contributed by atoms with van der Waals surface area (Å²) >= 11 is 0. The maximum absolute atomic E-state index is 10.8. The Labute approximate surface area is 66.7 Å². The van der Waals surface area contributed by atoms with Crippen molar-refractivity contribution in [3.63, 3.8) is 0 Å². The van der Waals surface area contributed by atoms with Crippen LogP contribution in [0.25, 0.3) is 0 Å². The monoisotopic (exact) mass is 158 g/mol. The molecule has 0 N–H and O–H groups in total. The number of ether oxygens (including phenoxy) is 2. The van der Waals surface area contributed by atoms with Crippen molar-refractivity contribution in [1.82, 2.24) is 0 Å². The van der Waals surface area contributed by atoms with Crippen LogP contribution in [0.4, 0.5) is 0 Å². The maximum Gasteiger partial charge on any atom is 0.305 e. The van der Waals surface area contributed by atoms with Gasteiger partial charge in [0.15, 0.2) is 0 Å². The van der Waals surface area contributed by atoms with Crippen molar-refractivity contribution in [3.05, 3.63) is 0 Å². The maximum atomic E-state index is 10.8. The molecule has 0 saturated carbocycles. The Hall–Kier alpha value is -0.570. The summed E-state index contributed by atoms with van der Waals surface area (Å²) in [6, 6.07) is 0. The molecule has 0 aromatic carbocycles. The Kier molecular flexibility index (Phi) is 3.36. The van der Waals surface area contributed by atoms with Gasteiger partial charge in [-0.2, -0.15) is 0 Å². The minimum Gasteiger partial charge on any atom is -0.462 e. The summed E-state index contributed by atoms with van der Waals surface area (Å²) in [6.07, 6.45) is 2.28. The third-order valence-electron chi connectivity index (χ3n) is 1.76. The number of hydrogen-bond donors (Lipinski definition) is 0. The molecule has 0 spiro atoms. The molecule has 11 heavy (non-hydrogen) atoms. The average molecular weight is 158 g/mol. The molecule has 0 radical (unpaired) electrons. The molecule has 1 rings (SSSR count). The van der Waals surface area contributed by atoms with Gasteiger partial charge in [-0.3, -0.25) is 4.79 Å². The Morgan fingerprint density at radius 3 is 2.73 bits per heavy atom. The van der Waals surface area contributed by atoms with Crippen molar-refractivity contribution in [1.29, 1.82) is 0 Å². The zero-order valence-corrected chi connectivity index (χ0v) is 6.84. The predicted molar refractivity (Wildman–Crippen MR) is 40.2 cm³/mol. The van der Waals surface area contributed by atoms with E-state index in [0.717, 1.165) is 26.1 Å². The lowest BCUT2D eigenvalue weighted by Gasteiger charge is -2.21. The Morgan fingerprint density at radius 2 is 2.18 bits per heavy atom. The van der Waals surface area contributed by atoms with Gasteiger partial charge in [0.05, 0.1) is 13.2 Å². The van der Waals surface area contributed by atoms with Crippen molar-refractivity contribution in [2.75, 3.05) is 13.2 Å². The van der Waals surface area contributed by atoms with E-state index in [1.54, 1.807) is 0 Å². The van der Waals surface area contributed by atoms with Gasteiger partial charge in [0.1, 0.15) is 6.10 Å². The second-order valence-electron chi connectivity index (χ2n) is 2.66. The molecule has 1 aliphatic rings. The van der Waals surface area contributed by atoms with E-state index in [1.165, 1.54) is 0 Å². The van der Waals surface area contributed by atoms with Crippen LogP contribution in [0.2, 0.25) is 0 Å². The summed E-state index contributed by atoms with van der Waals surface area (Å²) in [5.41, 5.74) is 0. The molecule has 0 aromatic heterocycles. The van der Waals surface area contributed by atoms with Gasteiger partial charge in [-0.1, -0.05) is 6.92 Å². The van der Waals surface area contributed by atoms with Crippen LogP contribution in [0.5, 0.6) is 0 Å². The molecule has 1 heterocycles. The van der Waals surface area contributed by atoms with E-state index in [2.05, 4.69) is 0 Å². The van der Waals surface area contributed by atoms with E-state index in [9.17, 15) is 4.79 Å². The first kappa shape index (κ1) is 8.53. The van der Waals surface area contributed by atoms with E-state index < -0.39 is 0 Å². The topological polar surface area (TPSA) is 35.5 Å². The van der Waals surface area contributed by atoms with Gasteiger partial charge in [-0.05, 0) is 0 Å². The van der Waals surface area contributed by atoms with Gasteiger partial charge < -0.3 is 9.47 Å². The van der Waals surface area contributed by atoms with Crippen molar-refractivity contribution in [2.24, 2.45) is 0 Å². The molecule has 1 aliphatic heterocycles. The number of rotatable bonds is 2. The molecule has 0 aromatic rings. The minimum absolute atomic E-state index is 0.100. The molecule has 64 valence electrons. The van der Waals surface area contributed by atoms with Gasteiger partial charge in [-0.15, -0.1) is 0 Å². The van der Waals surface area contributed by atoms with E-state index in [1.807, 2.05) is 6.92 Å². The lowest BCUT2D eigenvalue weighted by molar-refractivity contribution is -0.152. The molecule has 3 heteroatoms. The summed E-state index contributed by atoms with van der Waals surface area (Å²) in [5, 5.41) is 0. The molecule has 3 nitrogen and oxygen atoms in total. The summed E-state index contributed by atoms with van der Waals surface area (Å²) in [5.74, 6) is -0.100. The van der Waals surface area contributed by atoms with Gasteiger partial charge >= 0.3 is 5.97 Å². The molecule has 0 aliphatic carbocycles. The zero-order valence-electron chi connectivity index (χ0n) is 6.84. The fourth-order valence-electron chi connectivity index (χ4n) is 1.06. The van der Waals surface area contributed by atoms with Crippen molar-refractivity contribution in [3.8, 4) is 0 Å². The second-order valence-corrected chi connectivity index (χ2v) is 2.66. The average Bonchev–Trinajstić information content (AvgIpc) is 2.06. The third-order valence-corrected chi connectivity index (χ3v) is 1.76. The smallest absolute Gasteiger partial charge is 0.305 e. The largest absolute Gasteiger partial charge is 0.462 e. The standard InChI is InChI=1S/C8H14O3/c1-2-8(9)11-7-3-5-10-6-4-7/h7H,2-6H2,1H3. The van der Waals surface area contributed by atoms with E-state index in [-0.39, 0.29) is 12.1 Å². The minimum atomic E-state index is -0.100. The van der Waals surface area contributed by atoms with Crippen LogP contribution in [0, 0.1) is 0 Å². The van der Waals surface area contributed by atoms with Crippen molar-refractivity contribution < 1.29 is 14.3 Å². The highest BCUT2D eigenvalue weighted by Gasteiger charge is 2.16. The Balaban J connectivity index is 2.19. The van der Waals surface area contributed by atoms with Crippen LogP contribution in [0.3, 0.4) is 0 Å². The molecular formula is C8H14O3. The van der Waals surface area contributed by atoms with Crippen LogP contribution in [0.15, 0.2) is 0 Å². The zero-order chi connectivity index (χ0) is 8.10. The molecule has 0 bridgehead atoms. The summed E-state index contributed by atoms with van der Waals surface area (Å²) in [4.78, 5) is 10.8. The molecule has 1 fully saturated rings. The van der Waals surface area contributed by atoms with E-state index in [4.69, 9.17) is 9.47 Å². The summed E-state index contributed by atoms with van der Waals surface area (Å²) < 4.78 is 10.2.